The highest BCUT2D eigenvalue weighted by atomic mass is 35.5. The van der Waals surface area contributed by atoms with Crippen LogP contribution in [0, 0.1) is 0 Å². The molecule has 0 spiro atoms. The number of carbonyl (C=O) groups is 1. The third-order valence-electron chi connectivity index (χ3n) is 6.08. The highest BCUT2D eigenvalue weighted by Gasteiger charge is 2.43. The van der Waals surface area contributed by atoms with Gasteiger partial charge in [0.15, 0.2) is 5.82 Å². The number of rotatable bonds is 11. The van der Waals surface area contributed by atoms with Gasteiger partial charge in [0, 0.05) is 24.5 Å². The number of aromatic nitrogens is 3. The number of piperazine rings is 1. The lowest BCUT2D eigenvalue weighted by atomic mass is 10.2. The summed E-state index contributed by atoms with van der Waals surface area (Å²) in [5.41, 5.74) is 2.26. The predicted molar refractivity (Wildman–Crippen MR) is 154 cm³/mol. The molecule has 40 heavy (non-hydrogen) atoms. The van der Waals surface area contributed by atoms with Gasteiger partial charge in [-0.3, -0.25) is 15.1 Å². The van der Waals surface area contributed by atoms with E-state index in [1.165, 1.54) is 17.9 Å². The summed E-state index contributed by atoms with van der Waals surface area (Å²) in [4.78, 5) is 17.2. The Morgan fingerprint density at radius 1 is 1.23 bits per heavy atom. The number of hydroxylamine groups is 1. The van der Waals surface area contributed by atoms with Gasteiger partial charge in [0.2, 0.25) is 10.0 Å². The largest absolute Gasteiger partial charge is 0.494 e. The van der Waals surface area contributed by atoms with Crippen molar-refractivity contribution in [1.82, 2.24) is 29.3 Å². The van der Waals surface area contributed by atoms with Crippen molar-refractivity contribution in [2.45, 2.75) is 28.8 Å². The molecule has 1 aliphatic heterocycles. The monoisotopic (exact) mass is 652 g/mol. The summed E-state index contributed by atoms with van der Waals surface area (Å²) < 4.78 is 60.6. The zero-order valence-electron chi connectivity index (χ0n) is 21.2. The van der Waals surface area contributed by atoms with Gasteiger partial charge in [-0.2, -0.15) is 26.3 Å². The van der Waals surface area contributed by atoms with Crippen molar-refractivity contribution < 1.29 is 31.6 Å². The molecular weight excluding hydrogens is 624 g/mol. The molecule has 1 aliphatic rings. The van der Waals surface area contributed by atoms with Gasteiger partial charge in [-0.25, -0.2) is 27.3 Å². The van der Waals surface area contributed by atoms with E-state index in [2.05, 4.69) is 27.8 Å². The Hall–Kier alpha value is -2.25. The minimum Gasteiger partial charge on any atom is -0.494 e. The van der Waals surface area contributed by atoms with E-state index in [0.29, 0.717) is 23.1 Å². The number of sulfonamides is 2. The van der Waals surface area contributed by atoms with Gasteiger partial charge < -0.3 is 4.74 Å². The number of hydrogen-bond acceptors (Lipinski definition) is 11. The second-order valence-electron chi connectivity index (χ2n) is 8.52. The van der Waals surface area contributed by atoms with Crippen LogP contribution in [0.1, 0.15) is 24.4 Å². The van der Waals surface area contributed by atoms with Gasteiger partial charge in [-0.1, -0.05) is 0 Å². The molecule has 18 heteroatoms. The third kappa shape index (κ3) is 7.14. The van der Waals surface area contributed by atoms with E-state index in [1.54, 1.807) is 18.2 Å². The highest BCUT2D eigenvalue weighted by molar-refractivity contribution is 7.91. The lowest BCUT2D eigenvalue weighted by Gasteiger charge is -2.38. The van der Waals surface area contributed by atoms with Crippen LogP contribution in [0.3, 0.4) is 0 Å². The van der Waals surface area contributed by atoms with Gasteiger partial charge in [0.1, 0.15) is 22.3 Å². The number of carbonyl (C=O) groups excluding carboxylic acids is 1. The maximum atomic E-state index is 13.6. The van der Waals surface area contributed by atoms with Crippen molar-refractivity contribution in [1.29, 1.82) is 0 Å². The normalized spacial score (nSPS) is 17.6. The fourth-order valence-corrected chi connectivity index (χ4v) is 9.04. The molecule has 220 valence electrons. The number of halogens is 1. The summed E-state index contributed by atoms with van der Waals surface area (Å²) in [5.74, 6) is -0.303. The summed E-state index contributed by atoms with van der Waals surface area (Å²) in [5, 5.41) is 15.2. The summed E-state index contributed by atoms with van der Waals surface area (Å²) in [6.45, 7) is 1.51. The topological polar surface area (TPSA) is 175 Å². The Kier molecular flexibility index (Phi) is 11.0. The number of H-pyrrole nitrogens is 1. The van der Waals surface area contributed by atoms with Gasteiger partial charge in [-0.15, -0.1) is 23.7 Å². The molecule has 1 aromatic carbocycles. The zero-order valence-corrected chi connectivity index (χ0v) is 25.4. The maximum absolute atomic E-state index is 13.6. The van der Waals surface area contributed by atoms with Crippen LogP contribution in [-0.2, 0) is 24.8 Å². The highest BCUT2D eigenvalue weighted by Crippen LogP contribution is 2.34. The number of aromatic amines is 1. The lowest BCUT2D eigenvalue weighted by Crippen LogP contribution is -2.61. The minimum absolute atomic E-state index is 0. The molecule has 3 aromatic rings. The second-order valence-corrected chi connectivity index (χ2v) is 14.4. The van der Waals surface area contributed by atoms with Gasteiger partial charge in [0.05, 0.1) is 17.6 Å². The first-order valence-electron chi connectivity index (χ1n) is 11.9. The van der Waals surface area contributed by atoms with Crippen molar-refractivity contribution in [2.75, 3.05) is 32.0 Å². The summed E-state index contributed by atoms with van der Waals surface area (Å²) in [6.07, 6.45) is 1.46. The predicted octanol–water partition coefficient (Wildman–Crippen LogP) is 1.92. The zero-order chi connectivity index (χ0) is 28.2. The van der Waals surface area contributed by atoms with Crippen LogP contribution < -0.4 is 10.2 Å². The van der Waals surface area contributed by atoms with E-state index in [9.17, 15) is 26.8 Å². The van der Waals surface area contributed by atoms with Crippen LogP contribution in [0.5, 0.6) is 5.75 Å². The molecular formula is C22H29ClN6O7S4. The average molecular weight is 653 g/mol. The Balaban J connectivity index is 0.00000441. The average Bonchev–Trinajstić information content (AvgIpc) is 3.65. The van der Waals surface area contributed by atoms with Crippen LogP contribution in [0.2, 0.25) is 0 Å². The molecule has 1 amide bonds. The number of ether oxygens (including phenoxy) is 1. The fraction of sp³-hybridized carbons (Fsp3) is 0.409. The van der Waals surface area contributed by atoms with Crippen molar-refractivity contribution in [2.24, 2.45) is 0 Å². The van der Waals surface area contributed by atoms with E-state index < -0.39 is 43.8 Å². The van der Waals surface area contributed by atoms with Crippen LogP contribution in [0.25, 0.3) is 10.4 Å². The smallest absolute Gasteiger partial charge is 0.263 e. The van der Waals surface area contributed by atoms with Crippen molar-refractivity contribution >= 4 is 62.3 Å². The molecule has 2 aromatic heterocycles. The molecule has 0 saturated carbocycles. The molecule has 0 aliphatic carbocycles. The quantitative estimate of drug-likeness (QED) is 0.137. The van der Waals surface area contributed by atoms with E-state index in [-0.39, 0.29) is 41.9 Å². The Labute approximate surface area is 247 Å². The first-order valence-corrected chi connectivity index (χ1v) is 16.3. The molecule has 13 nitrogen and oxygen atoms in total. The van der Waals surface area contributed by atoms with E-state index in [1.807, 2.05) is 19.1 Å². The van der Waals surface area contributed by atoms with Crippen LogP contribution >= 0.6 is 36.4 Å². The van der Waals surface area contributed by atoms with E-state index in [0.717, 1.165) is 25.5 Å². The van der Waals surface area contributed by atoms with Crippen molar-refractivity contribution in [3.05, 3.63) is 48.5 Å². The van der Waals surface area contributed by atoms with E-state index >= 15 is 0 Å². The fourth-order valence-electron chi connectivity index (χ4n) is 4.08. The molecule has 1 fully saturated rings. The van der Waals surface area contributed by atoms with Crippen LogP contribution in [0.15, 0.2) is 46.9 Å². The number of thiophene rings is 1. The number of benzene rings is 1. The number of amides is 1. The molecule has 1 unspecified atom stereocenters. The van der Waals surface area contributed by atoms with Crippen LogP contribution in [0.4, 0.5) is 0 Å². The molecule has 2 atom stereocenters. The minimum atomic E-state index is -4.19. The number of hydrogen-bond donors (Lipinski definition) is 4. The molecule has 3 N–H and O–H groups in total. The summed E-state index contributed by atoms with van der Waals surface area (Å²) >= 11 is 5.37. The van der Waals surface area contributed by atoms with Crippen molar-refractivity contribution in [3.63, 3.8) is 0 Å². The first-order chi connectivity index (χ1) is 18.6. The Morgan fingerprint density at radius 2 is 1.95 bits per heavy atom. The molecule has 4 rings (SSSR count). The Morgan fingerprint density at radius 3 is 2.58 bits per heavy atom. The number of nitrogens with zero attached hydrogens (tertiary/aromatic N) is 4. The molecule has 0 bridgehead atoms. The molecule has 3 heterocycles. The van der Waals surface area contributed by atoms with Gasteiger partial charge in [0.25, 0.3) is 15.9 Å². The van der Waals surface area contributed by atoms with Crippen LogP contribution in [-0.4, -0.2) is 89.8 Å². The SMILES string of the molecule is CCOc1ccc(-c2ccc(S(=O)(=O)N3CCN(S(=O)(=O)CCC(S)c4nc[nH]n4)C[C@@H]3C(=O)NO)s2)cc1.Cl. The maximum Gasteiger partial charge on any atom is 0.263 e. The second kappa shape index (κ2) is 13.6. The van der Waals surface area contributed by atoms with Crippen molar-refractivity contribution in [3.8, 4) is 16.2 Å². The Bertz CT molecular complexity index is 1480. The molecule has 0 radical (unpaired) electrons. The van der Waals surface area contributed by atoms with Gasteiger partial charge in [-0.05, 0) is 55.3 Å². The number of thiol groups is 1. The standard InChI is InChI=1S/C22H28N6O7S4.ClH/c1-2-35-16-5-3-15(4-6-16)19-7-8-20(37-19)39(33,34)28-11-10-27(13-17(28)22(29)26-30)38(31,32)12-9-18(36)21-23-14-24-25-21;/h3-8,14,17-18,30,36H,2,9-13H2,1H3,(H,26,29)(H,23,24,25);1H/t17-,18?;/m1./s1. The number of nitrogens with one attached hydrogen (secondary N) is 2. The summed E-state index contributed by atoms with van der Waals surface area (Å²) in [6, 6.07) is 8.84. The van der Waals surface area contributed by atoms with E-state index in [4.69, 9.17) is 4.74 Å². The first kappa shape index (κ1) is 32.3. The van der Waals surface area contributed by atoms with Gasteiger partial charge >= 0.3 is 0 Å². The summed E-state index contributed by atoms with van der Waals surface area (Å²) in [7, 11) is -8.08. The molecule has 1 saturated heterocycles. The third-order valence-corrected chi connectivity index (χ3v) is 11.9. The lowest BCUT2D eigenvalue weighted by molar-refractivity contribution is -0.134.